The first-order valence-corrected chi connectivity index (χ1v) is 16.7. The molecule has 1 heterocycles. The van der Waals surface area contributed by atoms with E-state index in [9.17, 15) is 0 Å². The van der Waals surface area contributed by atoms with Gasteiger partial charge in [0.1, 0.15) is 5.52 Å². The summed E-state index contributed by atoms with van der Waals surface area (Å²) in [6.45, 7) is 0. The van der Waals surface area contributed by atoms with Gasteiger partial charge in [0.25, 0.3) is 0 Å². The third-order valence-electron chi connectivity index (χ3n) is 11.6. The van der Waals surface area contributed by atoms with E-state index in [-0.39, 0.29) is 0 Å². The summed E-state index contributed by atoms with van der Waals surface area (Å²) < 4.78 is 0. The van der Waals surface area contributed by atoms with Crippen molar-refractivity contribution in [1.29, 1.82) is 0 Å². The van der Waals surface area contributed by atoms with Gasteiger partial charge in [-0.05, 0) is 97.6 Å². The highest BCUT2D eigenvalue weighted by molar-refractivity contribution is 6.60. The molecule has 0 aliphatic carbocycles. The van der Waals surface area contributed by atoms with Crippen molar-refractivity contribution in [3.63, 3.8) is 0 Å². The van der Waals surface area contributed by atoms with Crippen LogP contribution in [0.15, 0.2) is 134 Å². The van der Waals surface area contributed by atoms with Crippen molar-refractivity contribution in [1.82, 2.24) is 10.2 Å². The van der Waals surface area contributed by atoms with Crippen LogP contribution in [0.3, 0.4) is 0 Å². The Labute approximate surface area is 272 Å². The minimum Gasteiger partial charge on any atom is -0.158 e. The Bertz CT molecular complexity index is 2740. The van der Waals surface area contributed by atoms with E-state index in [1.54, 1.807) is 0 Å². The third-order valence-corrected chi connectivity index (χ3v) is 11.6. The molecule has 1 aromatic heterocycles. The molecule has 0 saturated heterocycles. The predicted octanol–water partition coefficient (Wildman–Crippen LogP) is 12.6. The zero-order valence-corrected chi connectivity index (χ0v) is 25.6. The molecule has 0 radical (unpaired) electrons. The summed E-state index contributed by atoms with van der Waals surface area (Å²) in [6.07, 6.45) is 1.87. The summed E-state index contributed by atoms with van der Waals surface area (Å²) in [5.74, 6) is 0. The van der Waals surface area contributed by atoms with Crippen LogP contribution in [0, 0.1) is 0 Å². The summed E-state index contributed by atoms with van der Waals surface area (Å²) in [4.78, 5) is 0. The molecule has 12 aromatic carbocycles. The molecule has 0 unspecified atom stereocenters. The first kappa shape index (κ1) is 23.9. The van der Waals surface area contributed by atoms with Gasteiger partial charge in [-0.15, -0.1) is 5.10 Å². The van der Waals surface area contributed by atoms with Crippen LogP contribution < -0.4 is 0 Å². The maximum Gasteiger partial charge on any atom is 0.102 e. The van der Waals surface area contributed by atoms with Crippen LogP contribution in [-0.2, 0) is 0 Å². The van der Waals surface area contributed by atoms with Crippen LogP contribution in [0.1, 0.15) is 0 Å². The Hall–Kier alpha value is -6.38. The largest absolute Gasteiger partial charge is 0.158 e. The molecule has 0 aliphatic rings. The van der Waals surface area contributed by atoms with Crippen molar-refractivity contribution in [2.45, 2.75) is 0 Å². The van der Waals surface area contributed by atoms with E-state index in [1.807, 2.05) is 6.20 Å². The minimum absolute atomic E-state index is 0.977. The number of hydrogen-bond donors (Lipinski definition) is 0. The van der Waals surface area contributed by atoms with E-state index in [2.05, 4.69) is 132 Å². The topological polar surface area (TPSA) is 25.8 Å². The molecular weight excluding hydrogens is 581 g/mol. The minimum atomic E-state index is 0.977. The van der Waals surface area contributed by atoms with Crippen molar-refractivity contribution in [2.24, 2.45) is 0 Å². The normalized spacial score (nSPS) is 13.0. The fraction of sp³-hybridized carbons (Fsp3) is 0. The lowest BCUT2D eigenvalue weighted by Crippen LogP contribution is -1.99. The first-order chi connectivity index (χ1) is 23.9. The molecule has 0 N–H and O–H groups in total. The van der Waals surface area contributed by atoms with Crippen LogP contribution in [0.25, 0.3) is 129 Å². The highest BCUT2D eigenvalue weighted by Gasteiger charge is 2.30. The molecule has 0 fully saturated rings. The number of nitrogens with zero attached hydrogens (tertiary/aromatic N) is 2. The summed E-state index contributed by atoms with van der Waals surface area (Å²) in [5, 5.41) is 39.6. The summed E-state index contributed by atoms with van der Waals surface area (Å²) >= 11 is 0. The lowest BCUT2D eigenvalue weighted by Gasteiger charge is -2.27. The van der Waals surface area contributed by atoms with Crippen molar-refractivity contribution in [3.8, 4) is 0 Å². The number of benzene rings is 12. The number of rotatable bonds is 0. The summed E-state index contributed by atoms with van der Waals surface area (Å²) in [5.41, 5.74) is 0.977. The van der Waals surface area contributed by atoms with Gasteiger partial charge in [-0.1, -0.05) is 121 Å². The standard InChI is InChI=1S/C46H22N2/c1-3-13-25-23(11-1)34-24-12-2-4-14-26(24)36-29-17-7-8-18-30(29)38-33-21-22-47-48-46(33)39-32-20-10-9-19-31(32)37-28-16-6-5-15-27(28)35(25)41-40(34)42(36)44(38)45(39)43(37)41/h1-22H. The zero-order valence-electron chi connectivity index (χ0n) is 25.6. The molecule has 216 valence electrons. The monoisotopic (exact) mass is 602 g/mol. The second-order valence-corrected chi connectivity index (χ2v) is 13.5. The molecule has 0 spiro atoms. The smallest absolute Gasteiger partial charge is 0.102 e. The van der Waals surface area contributed by atoms with Gasteiger partial charge in [-0.2, -0.15) is 5.10 Å². The highest BCUT2D eigenvalue weighted by atomic mass is 15.1. The average molecular weight is 603 g/mol. The van der Waals surface area contributed by atoms with Gasteiger partial charge in [0.2, 0.25) is 0 Å². The molecule has 2 heteroatoms. The van der Waals surface area contributed by atoms with Gasteiger partial charge in [0.15, 0.2) is 0 Å². The van der Waals surface area contributed by atoms with Crippen LogP contribution in [0.2, 0.25) is 0 Å². The molecule has 0 aliphatic heterocycles. The van der Waals surface area contributed by atoms with Crippen molar-refractivity contribution in [2.75, 3.05) is 0 Å². The molecule has 13 aromatic rings. The van der Waals surface area contributed by atoms with Crippen molar-refractivity contribution >= 4 is 129 Å². The van der Waals surface area contributed by atoms with E-state index in [0.717, 1.165) is 10.9 Å². The zero-order chi connectivity index (χ0) is 30.8. The average Bonchev–Trinajstić information content (AvgIpc) is 3.16. The Morgan fingerprint density at radius 2 is 0.479 bits per heavy atom. The Morgan fingerprint density at radius 3 is 0.792 bits per heavy atom. The Kier molecular flexibility index (Phi) is 3.95. The van der Waals surface area contributed by atoms with E-state index in [4.69, 9.17) is 5.10 Å². The van der Waals surface area contributed by atoms with Gasteiger partial charge in [0.05, 0.1) is 6.20 Å². The van der Waals surface area contributed by atoms with Crippen LogP contribution in [-0.4, -0.2) is 10.2 Å². The van der Waals surface area contributed by atoms with Gasteiger partial charge in [-0.3, -0.25) is 0 Å². The highest BCUT2D eigenvalue weighted by Crippen LogP contribution is 2.59. The molecule has 13 rings (SSSR count). The lowest BCUT2D eigenvalue weighted by atomic mass is 9.75. The molecular formula is C46H22N2. The maximum atomic E-state index is 4.97. The SMILES string of the molecule is c1ccc2c(c1)c1c3ccccc3c3c4ccccc4c4c5ccnnc5c5c6ccccc6c6c7ccccc7c2c2c1c3c4c5c62. The second kappa shape index (κ2) is 7.94. The molecule has 0 bridgehead atoms. The van der Waals surface area contributed by atoms with E-state index in [1.165, 1.54) is 118 Å². The van der Waals surface area contributed by atoms with Crippen LogP contribution >= 0.6 is 0 Å². The lowest BCUT2D eigenvalue weighted by molar-refractivity contribution is 1.08. The Balaban J connectivity index is 1.62. The molecule has 0 atom stereocenters. The fourth-order valence-corrected chi connectivity index (χ4v) is 10.0. The molecule has 0 saturated carbocycles. The van der Waals surface area contributed by atoms with E-state index in [0.29, 0.717) is 0 Å². The summed E-state index contributed by atoms with van der Waals surface area (Å²) in [7, 11) is 0. The maximum absolute atomic E-state index is 4.97. The Morgan fingerprint density at radius 1 is 0.229 bits per heavy atom. The quantitative estimate of drug-likeness (QED) is 0.127. The molecule has 0 amide bonds. The molecule has 2 nitrogen and oxygen atoms in total. The van der Waals surface area contributed by atoms with E-state index < -0.39 is 0 Å². The van der Waals surface area contributed by atoms with Gasteiger partial charge in [-0.25, -0.2) is 0 Å². The van der Waals surface area contributed by atoms with E-state index >= 15 is 0 Å². The number of aromatic nitrogens is 2. The van der Waals surface area contributed by atoms with Crippen LogP contribution in [0.4, 0.5) is 0 Å². The number of hydrogen-bond acceptors (Lipinski definition) is 2. The number of fused-ring (bicyclic) bond motifs is 18. The van der Waals surface area contributed by atoms with Gasteiger partial charge in [0, 0.05) is 32.3 Å². The fourth-order valence-electron chi connectivity index (χ4n) is 10.0. The third kappa shape index (κ3) is 2.44. The summed E-state index contributed by atoms with van der Waals surface area (Å²) in [6, 6.07) is 47.5. The second-order valence-electron chi connectivity index (χ2n) is 13.5. The van der Waals surface area contributed by atoms with Crippen molar-refractivity contribution < 1.29 is 0 Å². The molecule has 48 heavy (non-hydrogen) atoms. The van der Waals surface area contributed by atoms with Crippen LogP contribution in [0.5, 0.6) is 0 Å². The first-order valence-electron chi connectivity index (χ1n) is 16.7. The van der Waals surface area contributed by atoms with Gasteiger partial charge >= 0.3 is 0 Å². The van der Waals surface area contributed by atoms with Crippen molar-refractivity contribution in [3.05, 3.63) is 134 Å². The predicted molar refractivity (Wildman–Crippen MR) is 206 cm³/mol. The van der Waals surface area contributed by atoms with Gasteiger partial charge < -0.3 is 0 Å².